The molecule has 3 rings (SSSR count). The number of nitrogens with two attached hydrogens (primary N) is 1. The Bertz CT molecular complexity index is 778. The second kappa shape index (κ2) is 4.19. The standard InChI is InChI=1S/C12H8F3N5/c13-12(14,15)10-3-4-17-11(19-10)20-9-5-8(16)2-1-7(9)6-18-20/h1-6H,16H2. The van der Waals surface area contributed by atoms with Crippen molar-refractivity contribution < 1.29 is 13.2 Å². The molecule has 0 aliphatic carbocycles. The Hall–Kier alpha value is -2.64. The van der Waals surface area contributed by atoms with Crippen molar-refractivity contribution in [3.8, 4) is 5.95 Å². The fraction of sp³-hybridized carbons (Fsp3) is 0.0833. The van der Waals surface area contributed by atoms with Gasteiger partial charge in [-0.3, -0.25) is 0 Å². The molecule has 2 aromatic heterocycles. The number of hydrogen-bond acceptors (Lipinski definition) is 4. The molecule has 3 aromatic rings. The van der Waals surface area contributed by atoms with E-state index in [0.717, 1.165) is 17.6 Å². The molecule has 0 saturated heterocycles. The van der Waals surface area contributed by atoms with Crippen LogP contribution in [-0.2, 0) is 6.18 Å². The third kappa shape index (κ3) is 2.04. The Kier molecular flexibility index (Phi) is 2.60. The summed E-state index contributed by atoms with van der Waals surface area (Å²) < 4.78 is 39.2. The summed E-state index contributed by atoms with van der Waals surface area (Å²) in [5.74, 6) is -0.152. The summed E-state index contributed by atoms with van der Waals surface area (Å²) in [4.78, 5) is 7.31. The molecule has 0 bridgehead atoms. The molecule has 8 heteroatoms. The first kappa shape index (κ1) is 12.4. The van der Waals surface area contributed by atoms with Crippen LogP contribution in [0.25, 0.3) is 16.9 Å². The van der Waals surface area contributed by atoms with E-state index in [4.69, 9.17) is 5.73 Å². The van der Waals surface area contributed by atoms with Crippen LogP contribution in [0.15, 0.2) is 36.7 Å². The minimum absolute atomic E-state index is 0.152. The smallest absolute Gasteiger partial charge is 0.399 e. The molecule has 0 aliphatic heterocycles. The van der Waals surface area contributed by atoms with Crippen molar-refractivity contribution in [3.05, 3.63) is 42.4 Å². The number of fused-ring (bicyclic) bond motifs is 1. The zero-order valence-electron chi connectivity index (χ0n) is 9.96. The van der Waals surface area contributed by atoms with E-state index in [2.05, 4.69) is 15.1 Å². The number of aromatic nitrogens is 4. The molecule has 0 unspecified atom stereocenters. The maximum absolute atomic E-state index is 12.6. The summed E-state index contributed by atoms with van der Waals surface area (Å²) in [7, 11) is 0. The van der Waals surface area contributed by atoms with Crippen LogP contribution in [0.3, 0.4) is 0 Å². The van der Waals surface area contributed by atoms with Gasteiger partial charge in [0.05, 0.1) is 11.7 Å². The lowest BCUT2D eigenvalue weighted by atomic mass is 10.2. The summed E-state index contributed by atoms with van der Waals surface area (Å²) >= 11 is 0. The number of anilines is 1. The van der Waals surface area contributed by atoms with Crippen molar-refractivity contribution in [1.82, 2.24) is 19.7 Å². The monoisotopic (exact) mass is 279 g/mol. The molecule has 5 nitrogen and oxygen atoms in total. The minimum atomic E-state index is -4.53. The van der Waals surface area contributed by atoms with Gasteiger partial charge in [0.1, 0.15) is 5.69 Å². The normalized spacial score (nSPS) is 11.9. The zero-order chi connectivity index (χ0) is 14.3. The molecule has 1 aromatic carbocycles. The summed E-state index contributed by atoms with van der Waals surface area (Å²) in [5, 5.41) is 4.73. The highest BCUT2D eigenvalue weighted by Gasteiger charge is 2.33. The van der Waals surface area contributed by atoms with Gasteiger partial charge >= 0.3 is 6.18 Å². The van der Waals surface area contributed by atoms with E-state index >= 15 is 0 Å². The molecule has 0 aliphatic rings. The Morgan fingerprint density at radius 2 is 1.95 bits per heavy atom. The Labute approximate surface area is 110 Å². The van der Waals surface area contributed by atoms with Gasteiger partial charge in [0, 0.05) is 17.3 Å². The van der Waals surface area contributed by atoms with Gasteiger partial charge in [0.2, 0.25) is 0 Å². The maximum atomic E-state index is 12.6. The highest BCUT2D eigenvalue weighted by Crippen LogP contribution is 2.28. The number of hydrogen-bond donors (Lipinski definition) is 1. The van der Waals surface area contributed by atoms with Gasteiger partial charge in [-0.05, 0) is 24.3 Å². The van der Waals surface area contributed by atoms with Gasteiger partial charge in [-0.1, -0.05) is 0 Å². The maximum Gasteiger partial charge on any atom is 0.433 e. The molecule has 0 radical (unpaired) electrons. The second-order valence-corrected chi connectivity index (χ2v) is 4.11. The minimum Gasteiger partial charge on any atom is -0.399 e. The Morgan fingerprint density at radius 3 is 2.70 bits per heavy atom. The van der Waals surface area contributed by atoms with Crippen molar-refractivity contribution in [3.63, 3.8) is 0 Å². The largest absolute Gasteiger partial charge is 0.433 e. The lowest BCUT2D eigenvalue weighted by molar-refractivity contribution is -0.141. The van der Waals surface area contributed by atoms with E-state index in [0.29, 0.717) is 11.2 Å². The molecule has 20 heavy (non-hydrogen) atoms. The second-order valence-electron chi connectivity index (χ2n) is 4.11. The third-order valence-corrected chi connectivity index (χ3v) is 2.72. The highest BCUT2D eigenvalue weighted by molar-refractivity contribution is 5.82. The van der Waals surface area contributed by atoms with E-state index in [-0.39, 0.29) is 5.95 Å². The average Bonchev–Trinajstić information content (AvgIpc) is 2.81. The summed E-state index contributed by atoms with van der Waals surface area (Å²) in [5.41, 5.74) is 5.67. The number of nitrogen functional groups attached to an aromatic ring is 1. The topological polar surface area (TPSA) is 69.6 Å². The predicted molar refractivity (Wildman–Crippen MR) is 66.1 cm³/mol. The molecule has 0 spiro atoms. The van der Waals surface area contributed by atoms with Crippen LogP contribution in [0.2, 0.25) is 0 Å². The summed E-state index contributed by atoms with van der Waals surface area (Å²) in [6, 6.07) is 5.82. The molecule has 0 amide bonds. The lowest BCUT2D eigenvalue weighted by Crippen LogP contribution is -2.12. The van der Waals surface area contributed by atoms with Gasteiger partial charge in [0.25, 0.3) is 5.95 Å². The first-order valence-electron chi connectivity index (χ1n) is 5.59. The molecule has 2 N–H and O–H groups in total. The fourth-order valence-electron chi connectivity index (χ4n) is 1.80. The number of halogens is 3. The van der Waals surface area contributed by atoms with Gasteiger partial charge in [-0.15, -0.1) is 0 Å². The fourth-order valence-corrected chi connectivity index (χ4v) is 1.80. The van der Waals surface area contributed by atoms with E-state index < -0.39 is 11.9 Å². The number of rotatable bonds is 1. The molecule has 0 saturated carbocycles. The Balaban J connectivity index is 2.18. The van der Waals surface area contributed by atoms with E-state index in [1.165, 1.54) is 10.9 Å². The van der Waals surface area contributed by atoms with Crippen molar-refractivity contribution in [2.45, 2.75) is 6.18 Å². The number of nitrogens with zero attached hydrogens (tertiary/aromatic N) is 4. The van der Waals surface area contributed by atoms with E-state index in [1.54, 1.807) is 18.2 Å². The lowest BCUT2D eigenvalue weighted by Gasteiger charge is -2.07. The van der Waals surface area contributed by atoms with Gasteiger partial charge < -0.3 is 5.73 Å². The van der Waals surface area contributed by atoms with Gasteiger partial charge in [-0.25, -0.2) is 9.97 Å². The van der Waals surface area contributed by atoms with Gasteiger partial charge in [-0.2, -0.15) is 23.0 Å². The quantitative estimate of drug-likeness (QED) is 0.694. The van der Waals surface area contributed by atoms with Crippen LogP contribution in [-0.4, -0.2) is 19.7 Å². The first-order chi connectivity index (χ1) is 9.45. The van der Waals surface area contributed by atoms with Crippen LogP contribution >= 0.6 is 0 Å². The van der Waals surface area contributed by atoms with Crippen molar-refractivity contribution >= 4 is 16.6 Å². The van der Waals surface area contributed by atoms with Crippen molar-refractivity contribution in [2.24, 2.45) is 0 Å². The first-order valence-corrected chi connectivity index (χ1v) is 5.59. The van der Waals surface area contributed by atoms with Crippen LogP contribution in [0.1, 0.15) is 5.69 Å². The van der Waals surface area contributed by atoms with Crippen LogP contribution in [0.4, 0.5) is 18.9 Å². The molecule has 102 valence electrons. The van der Waals surface area contributed by atoms with E-state index in [1.807, 2.05) is 0 Å². The third-order valence-electron chi connectivity index (χ3n) is 2.72. The van der Waals surface area contributed by atoms with Crippen molar-refractivity contribution in [2.75, 3.05) is 5.73 Å². The molecule has 0 atom stereocenters. The van der Waals surface area contributed by atoms with Crippen molar-refractivity contribution in [1.29, 1.82) is 0 Å². The molecule has 0 fully saturated rings. The molecular formula is C12H8F3N5. The van der Waals surface area contributed by atoms with Crippen LogP contribution in [0, 0.1) is 0 Å². The predicted octanol–water partition coefficient (Wildman–Crippen LogP) is 2.42. The summed E-state index contributed by atoms with van der Waals surface area (Å²) in [6.45, 7) is 0. The zero-order valence-corrected chi connectivity index (χ0v) is 9.96. The van der Waals surface area contributed by atoms with Crippen LogP contribution < -0.4 is 5.73 Å². The Morgan fingerprint density at radius 1 is 1.15 bits per heavy atom. The molecular weight excluding hydrogens is 271 g/mol. The van der Waals surface area contributed by atoms with E-state index in [9.17, 15) is 13.2 Å². The van der Waals surface area contributed by atoms with Crippen LogP contribution in [0.5, 0.6) is 0 Å². The average molecular weight is 279 g/mol. The number of benzene rings is 1. The summed E-state index contributed by atoms with van der Waals surface area (Å²) in [6.07, 6.45) is -1.97. The molecule has 2 heterocycles. The highest BCUT2D eigenvalue weighted by atomic mass is 19.4. The van der Waals surface area contributed by atoms with Gasteiger partial charge in [0.15, 0.2) is 0 Å². The number of alkyl halides is 3. The SMILES string of the molecule is Nc1ccc2cnn(-c3nccc(C(F)(F)F)n3)c2c1.